The lowest BCUT2D eigenvalue weighted by Crippen LogP contribution is -2.47. The van der Waals surface area contributed by atoms with Gasteiger partial charge in [0, 0.05) is 63.3 Å². The Morgan fingerprint density at radius 3 is 2.39 bits per heavy atom. The van der Waals surface area contributed by atoms with Crippen LogP contribution in [0.3, 0.4) is 0 Å². The Balaban J connectivity index is 1.04. The molecule has 1 unspecified atom stereocenters. The molecule has 10 nitrogen and oxygen atoms in total. The van der Waals surface area contributed by atoms with E-state index in [1.54, 1.807) is 6.33 Å². The second-order valence-corrected chi connectivity index (χ2v) is 9.52. The molecule has 0 aliphatic carbocycles. The summed E-state index contributed by atoms with van der Waals surface area (Å²) in [4.78, 5) is 27.0. The summed E-state index contributed by atoms with van der Waals surface area (Å²) in [6.45, 7) is 5.02. The van der Waals surface area contributed by atoms with Crippen LogP contribution in [0.4, 0.5) is 23.5 Å². The van der Waals surface area contributed by atoms with Crippen molar-refractivity contribution in [2.24, 2.45) is 0 Å². The average molecular weight is 510 g/mol. The van der Waals surface area contributed by atoms with Gasteiger partial charge in [0.2, 0.25) is 17.8 Å². The van der Waals surface area contributed by atoms with Gasteiger partial charge in [-0.25, -0.2) is 19.9 Å². The normalized spacial score (nSPS) is 17.4. The van der Waals surface area contributed by atoms with Crippen LogP contribution in [-0.2, 0) is 6.42 Å². The van der Waals surface area contributed by atoms with E-state index in [2.05, 4.69) is 69.6 Å². The van der Waals surface area contributed by atoms with Crippen LogP contribution in [0.1, 0.15) is 17.5 Å². The Morgan fingerprint density at radius 1 is 0.842 bits per heavy atom. The topological polar surface area (TPSA) is 104 Å². The largest absolute Gasteiger partial charge is 0.489 e. The third-order valence-electron chi connectivity index (χ3n) is 6.76. The lowest BCUT2D eigenvalue weighted by atomic mass is 10.1. The van der Waals surface area contributed by atoms with Crippen molar-refractivity contribution < 1.29 is 4.74 Å². The highest BCUT2D eigenvalue weighted by Crippen LogP contribution is 2.23. The number of rotatable bonds is 8. The van der Waals surface area contributed by atoms with Crippen LogP contribution < -0.4 is 25.2 Å². The Morgan fingerprint density at radius 2 is 1.63 bits per heavy atom. The average Bonchev–Trinajstić information content (AvgIpc) is 3.48. The van der Waals surface area contributed by atoms with Crippen molar-refractivity contribution in [3.63, 3.8) is 0 Å². The first-order valence-electron chi connectivity index (χ1n) is 13.1. The summed E-state index contributed by atoms with van der Waals surface area (Å²) >= 11 is 0. The van der Waals surface area contributed by atoms with Gasteiger partial charge in [0.15, 0.2) is 0 Å². The molecule has 2 aromatic carbocycles. The van der Waals surface area contributed by atoms with Crippen LogP contribution in [0.15, 0.2) is 73.3 Å². The molecule has 0 saturated carbocycles. The molecular formula is C28H31N9O. The molecule has 4 aromatic rings. The van der Waals surface area contributed by atoms with E-state index in [1.807, 2.05) is 42.7 Å². The lowest BCUT2D eigenvalue weighted by Gasteiger charge is -2.34. The SMILES string of the molecule is c1ccc(Cc2cnc(N3CCN(c4ncnc(Nc5cccc(OC6CCNC6)c5)n4)CC3)nc2)cc1. The fraction of sp³-hybridized carbons (Fsp3) is 0.321. The van der Waals surface area contributed by atoms with Gasteiger partial charge in [-0.2, -0.15) is 4.98 Å². The number of benzene rings is 2. The predicted octanol–water partition coefficient (Wildman–Crippen LogP) is 3.06. The summed E-state index contributed by atoms with van der Waals surface area (Å²) in [5.74, 6) is 2.76. The molecule has 4 heterocycles. The Kier molecular flexibility index (Phi) is 7.21. The van der Waals surface area contributed by atoms with E-state index in [0.717, 1.165) is 75.1 Å². The van der Waals surface area contributed by atoms with Gasteiger partial charge in [0.05, 0.1) is 0 Å². The van der Waals surface area contributed by atoms with Crippen LogP contribution in [0.2, 0.25) is 0 Å². The molecule has 38 heavy (non-hydrogen) atoms. The van der Waals surface area contributed by atoms with Gasteiger partial charge < -0.3 is 25.2 Å². The third kappa shape index (κ3) is 5.97. The van der Waals surface area contributed by atoms with Gasteiger partial charge in [-0.05, 0) is 36.2 Å². The molecule has 0 radical (unpaired) electrons. The molecule has 10 heteroatoms. The number of piperazine rings is 1. The van der Waals surface area contributed by atoms with Crippen LogP contribution >= 0.6 is 0 Å². The van der Waals surface area contributed by atoms with Gasteiger partial charge in [-0.1, -0.05) is 36.4 Å². The number of hydrogen-bond donors (Lipinski definition) is 2. The summed E-state index contributed by atoms with van der Waals surface area (Å²) in [7, 11) is 0. The van der Waals surface area contributed by atoms with Crippen molar-refractivity contribution in [2.75, 3.05) is 54.4 Å². The molecule has 2 saturated heterocycles. The van der Waals surface area contributed by atoms with Crippen LogP contribution in [0.25, 0.3) is 0 Å². The van der Waals surface area contributed by atoms with Crippen molar-refractivity contribution in [3.8, 4) is 5.75 Å². The maximum absolute atomic E-state index is 6.07. The Hall–Kier alpha value is -4.31. The van der Waals surface area contributed by atoms with Crippen molar-refractivity contribution in [3.05, 3.63) is 84.4 Å². The molecule has 6 rings (SSSR count). The lowest BCUT2D eigenvalue weighted by molar-refractivity contribution is 0.223. The number of nitrogens with zero attached hydrogens (tertiary/aromatic N) is 7. The van der Waals surface area contributed by atoms with Gasteiger partial charge in [0.25, 0.3) is 0 Å². The Labute approximate surface area is 222 Å². The summed E-state index contributed by atoms with van der Waals surface area (Å²) in [5, 5.41) is 6.62. The summed E-state index contributed by atoms with van der Waals surface area (Å²) in [5.41, 5.74) is 3.24. The maximum Gasteiger partial charge on any atom is 0.232 e. The molecule has 1 atom stereocenters. The fourth-order valence-electron chi connectivity index (χ4n) is 4.74. The molecule has 0 spiro atoms. The maximum atomic E-state index is 6.07. The number of nitrogens with one attached hydrogen (secondary N) is 2. The fourth-order valence-corrected chi connectivity index (χ4v) is 4.74. The summed E-state index contributed by atoms with van der Waals surface area (Å²) < 4.78 is 6.07. The standard InChI is InChI=1S/C28H31N9O/c1-2-5-21(6-3-1)15-22-17-30-27(31-18-22)36-11-13-37(14-12-36)28-33-20-32-26(35-28)34-23-7-4-8-24(16-23)38-25-9-10-29-19-25/h1-8,16-18,20,25,29H,9-15,19H2,(H,32,33,34,35). The van der Waals surface area contributed by atoms with Crippen molar-refractivity contribution in [2.45, 2.75) is 18.9 Å². The van der Waals surface area contributed by atoms with Crippen molar-refractivity contribution in [1.82, 2.24) is 30.2 Å². The zero-order chi connectivity index (χ0) is 25.6. The zero-order valence-corrected chi connectivity index (χ0v) is 21.2. The minimum atomic E-state index is 0.213. The monoisotopic (exact) mass is 509 g/mol. The minimum Gasteiger partial charge on any atom is -0.489 e. The number of aromatic nitrogens is 5. The smallest absolute Gasteiger partial charge is 0.232 e. The van der Waals surface area contributed by atoms with E-state index in [1.165, 1.54) is 5.56 Å². The number of anilines is 4. The van der Waals surface area contributed by atoms with Gasteiger partial charge in [-0.3, -0.25) is 0 Å². The van der Waals surface area contributed by atoms with E-state index in [4.69, 9.17) is 4.74 Å². The van der Waals surface area contributed by atoms with E-state index in [9.17, 15) is 0 Å². The van der Waals surface area contributed by atoms with Gasteiger partial charge in [0.1, 0.15) is 18.2 Å². The minimum absolute atomic E-state index is 0.213. The molecule has 194 valence electrons. The zero-order valence-electron chi connectivity index (χ0n) is 21.2. The molecule has 0 amide bonds. The summed E-state index contributed by atoms with van der Waals surface area (Å²) in [6, 6.07) is 18.3. The van der Waals surface area contributed by atoms with E-state index in [0.29, 0.717) is 11.9 Å². The van der Waals surface area contributed by atoms with Crippen LogP contribution in [0.5, 0.6) is 5.75 Å². The Bertz CT molecular complexity index is 1320. The highest BCUT2D eigenvalue weighted by atomic mass is 16.5. The first kappa shape index (κ1) is 24.1. The van der Waals surface area contributed by atoms with E-state index >= 15 is 0 Å². The molecular weight excluding hydrogens is 478 g/mol. The van der Waals surface area contributed by atoms with Crippen molar-refractivity contribution >= 4 is 23.5 Å². The quantitative estimate of drug-likeness (QED) is 0.368. The second-order valence-electron chi connectivity index (χ2n) is 9.52. The molecule has 2 aliphatic rings. The van der Waals surface area contributed by atoms with E-state index in [-0.39, 0.29) is 6.10 Å². The molecule has 2 aliphatic heterocycles. The number of ether oxygens (including phenoxy) is 1. The predicted molar refractivity (Wildman–Crippen MR) is 147 cm³/mol. The third-order valence-corrected chi connectivity index (χ3v) is 6.76. The summed E-state index contributed by atoms with van der Waals surface area (Å²) in [6.07, 6.45) is 7.47. The highest BCUT2D eigenvalue weighted by Gasteiger charge is 2.21. The first-order chi connectivity index (χ1) is 18.8. The molecule has 0 bridgehead atoms. The second kappa shape index (κ2) is 11.4. The molecule has 2 fully saturated rings. The van der Waals surface area contributed by atoms with Gasteiger partial charge in [-0.15, -0.1) is 0 Å². The van der Waals surface area contributed by atoms with Gasteiger partial charge >= 0.3 is 0 Å². The first-order valence-corrected chi connectivity index (χ1v) is 13.1. The van der Waals surface area contributed by atoms with E-state index < -0.39 is 0 Å². The molecule has 2 N–H and O–H groups in total. The van der Waals surface area contributed by atoms with Crippen LogP contribution in [0, 0.1) is 0 Å². The highest BCUT2D eigenvalue weighted by molar-refractivity contribution is 5.56. The van der Waals surface area contributed by atoms with Crippen molar-refractivity contribution in [1.29, 1.82) is 0 Å². The van der Waals surface area contributed by atoms with Crippen LogP contribution in [-0.4, -0.2) is 70.3 Å². The molecule has 2 aromatic heterocycles. The number of hydrogen-bond acceptors (Lipinski definition) is 10.